The summed E-state index contributed by atoms with van der Waals surface area (Å²) in [5.41, 5.74) is 4.00. The van der Waals surface area contributed by atoms with Gasteiger partial charge in [-0.3, -0.25) is 9.89 Å². The lowest BCUT2D eigenvalue weighted by Gasteiger charge is -2.08. The number of aryl methyl sites for hydroxylation is 2. The third kappa shape index (κ3) is 3.61. The second-order valence-corrected chi connectivity index (χ2v) is 8.39. The third-order valence-corrected chi connectivity index (χ3v) is 6.16. The largest absolute Gasteiger partial charge is 0.505 e. The van der Waals surface area contributed by atoms with Gasteiger partial charge in [0.05, 0.1) is 16.9 Å². The Labute approximate surface area is 194 Å². The number of hydrogen-bond acceptors (Lipinski definition) is 6. The van der Waals surface area contributed by atoms with Gasteiger partial charge in [0.25, 0.3) is 5.56 Å². The number of hydrogen-bond donors (Lipinski definition) is 3. The van der Waals surface area contributed by atoms with Gasteiger partial charge in [0.2, 0.25) is 5.76 Å². The number of aromatic carboxylic acids is 1. The molecule has 2 heterocycles. The highest BCUT2D eigenvalue weighted by Crippen LogP contribution is 2.38. The van der Waals surface area contributed by atoms with E-state index in [1.165, 1.54) is 34.0 Å². The van der Waals surface area contributed by atoms with Gasteiger partial charge in [-0.05, 0) is 73.2 Å². The predicted molar refractivity (Wildman–Crippen MR) is 125 cm³/mol. The highest BCUT2D eigenvalue weighted by molar-refractivity contribution is 5.85. The molecular formula is C25H22N4O5. The first kappa shape index (κ1) is 21.4. The number of rotatable bonds is 5. The Bertz CT molecular complexity index is 1510. The van der Waals surface area contributed by atoms with Gasteiger partial charge in [0, 0.05) is 0 Å². The lowest BCUT2D eigenvalue weighted by molar-refractivity contribution is 0.0663. The van der Waals surface area contributed by atoms with E-state index in [0.29, 0.717) is 11.6 Å². The smallest absolute Gasteiger partial charge is 0.371 e. The van der Waals surface area contributed by atoms with Crippen molar-refractivity contribution in [3.05, 3.63) is 81.5 Å². The molecule has 1 unspecified atom stereocenters. The summed E-state index contributed by atoms with van der Waals surface area (Å²) in [6, 6.07) is 13.5. The molecule has 2 aromatic heterocycles. The number of aromatic amines is 1. The monoisotopic (exact) mass is 458 g/mol. The number of nitrogens with zero attached hydrogens (tertiary/aromatic N) is 3. The number of H-pyrrole nitrogens is 1. The first-order valence-corrected chi connectivity index (χ1v) is 10.9. The minimum Gasteiger partial charge on any atom is -0.505 e. The molecule has 2 aromatic carbocycles. The summed E-state index contributed by atoms with van der Waals surface area (Å²) in [4.78, 5) is 24.2. The van der Waals surface area contributed by atoms with Gasteiger partial charge in [0.1, 0.15) is 11.4 Å². The Morgan fingerprint density at radius 2 is 2.00 bits per heavy atom. The number of phenolic OH excluding ortho intramolecular Hbond substituents is 1. The molecule has 3 N–H and O–H groups in total. The molecule has 0 fully saturated rings. The van der Waals surface area contributed by atoms with Crippen molar-refractivity contribution in [3.8, 4) is 22.8 Å². The molecule has 1 aliphatic rings. The molecule has 9 nitrogen and oxygen atoms in total. The summed E-state index contributed by atoms with van der Waals surface area (Å²) in [7, 11) is 0. The molecule has 0 spiro atoms. The van der Waals surface area contributed by atoms with Crippen molar-refractivity contribution < 1.29 is 19.4 Å². The number of phenols is 1. The summed E-state index contributed by atoms with van der Waals surface area (Å²) in [6.07, 6.45) is 2.15. The van der Waals surface area contributed by atoms with Crippen LogP contribution in [0.3, 0.4) is 0 Å². The molecule has 34 heavy (non-hydrogen) atoms. The minimum atomic E-state index is -1.21. The second-order valence-electron chi connectivity index (χ2n) is 8.39. The Morgan fingerprint density at radius 1 is 1.18 bits per heavy atom. The van der Waals surface area contributed by atoms with Crippen LogP contribution in [0.1, 0.15) is 46.6 Å². The molecular weight excluding hydrogens is 436 g/mol. The van der Waals surface area contributed by atoms with Crippen LogP contribution in [0.25, 0.3) is 17.0 Å². The number of nitrogens with one attached hydrogen (secondary N) is 1. The fourth-order valence-corrected chi connectivity index (χ4v) is 4.28. The van der Waals surface area contributed by atoms with Crippen molar-refractivity contribution in [2.45, 2.75) is 32.6 Å². The lowest BCUT2D eigenvalue weighted by Crippen LogP contribution is -2.14. The number of para-hydroxylation sites is 1. The zero-order valence-electron chi connectivity index (χ0n) is 18.6. The van der Waals surface area contributed by atoms with Crippen LogP contribution in [0.4, 0.5) is 11.4 Å². The number of aromatic nitrogens is 2. The Balaban J connectivity index is 1.48. The van der Waals surface area contributed by atoms with Crippen molar-refractivity contribution in [1.29, 1.82) is 0 Å². The van der Waals surface area contributed by atoms with E-state index in [0.717, 1.165) is 18.5 Å². The van der Waals surface area contributed by atoms with Crippen LogP contribution in [0.15, 0.2) is 68.0 Å². The molecule has 4 aromatic rings. The van der Waals surface area contributed by atoms with Gasteiger partial charge in [-0.25, -0.2) is 9.48 Å². The highest BCUT2D eigenvalue weighted by atomic mass is 16.4. The van der Waals surface area contributed by atoms with E-state index in [4.69, 9.17) is 9.52 Å². The van der Waals surface area contributed by atoms with Crippen molar-refractivity contribution in [2.75, 3.05) is 0 Å². The van der Waals surface area contributed by atoms with E-state index in [2.05, 4.69) is 28.3 Å². The summed E-state index contributed by atoms with van der Waals surface area (Å²) in [5, 5.41) is 31.0. The van der Waals surface area contributed by atoms with Gasteiger partial charge in [0.15, 0.2) is 11.4 Å². The highest BCUT2D eigenvalue weighted by Gasteiger charge is 2.21. The first-order chi connectivity index (χ1) is 16.3. The van der Waals surface area contributed by atoms with Gasteiger partial charge >= 0.3 is 5.97 Å². The van der Waals surface area contributed by atoms with Crippen LogP contribution in [0, 0.1) is 6.92 Å². The summed E-state index contributed by atoms with van der Waals surface area (Å²) in [6.45, 7) is 3.92. The molecule has 0 saturated heterocycles. The van der Waals surface area contributed by atoms with Gasteiger partial charge < -0.3 is 14.6 Å². The van der Waals surface area contributed by atoms with Gasteiger partial charge in [-0.2, -0.15) is 0 Å². The molecule has 0 saturated carbocycles. The fourth-order valence-electron chi connectivity index (χ4n) is 4.28. The Kier molecular flexibility index (Phi) is 5.16. The number of carbonyl (C=O) groups is 1. The van der Waals surface area contributed by atoms with Crippen molar-refractivity contribution >= 4 is 17.3 Å². The SMILES string of the molecule is Cc1[nH]n(-c2ccc3c(c2)C(C)CC3)c(=O)c1N=Nc1cccc(-c2ccc(C(=O)O)o2)c1O. The molecule has 0 aliphatic heterocycles. The predicted octanol–water partition coefficient (Wildman–Crippen LogP) is 5.60. The quantitative estimate of drug-likeness (QED) is 0.335. The molecule has 5 rings (SSSR count). The van der Waals surface area contributed by atoms with E-state index < -0.39 is 5.97 Å². The number of benzene rings is 2. The maximum absolute atomic E-state index is 13.1. The summed E-state index contributed by atoms with van der Waals surface area (Å²) in [5.74, 6) is -1.06. The summed E-state index contributed by atoms with van der Waals surface area (Å²) < 4.78 is 6.72. The number of fused-ring (bicyclic) bond motifs is 1. The van der Waals surface area contributed by atoms with E-state index in [1.807, 2.05) is 12.1 Å². The van der Waals surface area contributed by atoms with E-state index in [9.17, 15) is 14.7 Å². The Morgan fingerprint density at radius 3 is 2.76 bits per heavy atom. The van der Waals surface area contributed by atoms with Crippen molar-refractivity contribution in [3.63, 3.8) is 0 Å². The van der Waals surface area contributed by atoms with E-state index in [-0.39, 0.29) is 39.8 Å². The maximum Gasteiger partial charge on any atom is 0.371 e. The van der Waals surface area contributed by atoms with Gasteiger partial charge in [-0.1, -0.05) is 19.1 Å². The van der Waals surface area contributed by atoms with Gasteiger partial charge in [-0.15, -0.1) is 10.2 Å². The second kappa shape index (κ2) is 8.18. The fraction of sp³-hybridized carbons (Fsp3) is 0.200. The molecule has 1 atom stereocenters. The average Bonchev–Trinajstić information content (AvgIpc) is 3.52. The average molecular weight is 458 g/mol. The zero-order chi connectivity index (χ0) is 24.0. The van der Waals surface area contributed by atoms with E-state index >= 15 is 0 Å². The minimum absolute atomic E-state index is 0.115. The topological polar surface area (TPSA) is 133 Å². The van der Waals surface area contributed by atoms with Crippen LogP contribution >= 0.6 is 0 Å². The standard InChI is InChI=1S/C25H22N4O5/c1-13-6-7-15-8-9-16(12-18(13)15)29-24(31)22(14(2)28-29)27-26-19-5-3-4-17(23(19)30)20-10-11-21(34-20)25(32)33/h3-5,8-13,28,30H,6-7H2,1-2H3,(H,32,33). The summed E-state index contributed by atoms with van der Waals surface area (Å²) >= 11 is 0. The number of carboxylic acid groups (broad SMARTS) is 1. The van der Waals surface area contributed by atoms with Crippen molar-refractivity contribution in [1.82, 2.24) is 9.78 Å². The maximum atomic E-state index is 13.1. The Hall–Kier alpha value is -4.40. The zero-order valence-corrected chi connectivity index (χ0v) is 18.6. The normalized spacial score (nSPS) is 15.2. The molecule has 172 valence electrons. The first-order valence-electron chi connectivity index (χ1n) is 10.9. The molecule has 1 aliphatic carbocycles. The lowest BCUT2D eigenvalue weighted by atomic mass is 10.0. The molecule has 0 radical (unpaired) electrons. The number of azo groups is 1. The number of carboxylic acids is 1. The van der Waals surface area contributed by atoms with Crippen LogP contribution < -0.4 is 5.56 Å². The van der Waals surface area contributed by atoms with E-state index in [1.54, 1.807) is 19.1 Å². The van der Waals surface area contributed by atoms with Crippen LogP contribution in [0.2, 0.25) is 0 Å². The molecule has 9 heteroatoms. The number of aromatic hydroxyl groups is 1. The number of furan rings is 1. The van der Waals surface area contributed by atoms with Crippen LogP contribution in [0.5, 0.6) is 5.75 Å². The molecule has 0 amide bonds. The van der Waals surface area contributed by atoms with Crippen LogP contribution in [-0.2, 0) is 6.42 Å². The van der Waals surface area contributed by atoms with Crippen LogP contribution in [-0.4, -0.2) is 26.0 Å². The third-order valence-electron chi connectivity index (χ3n) is 6.16. The molecule has 0 bridgehead atoms. The van der Waals surface area contributed by atoms with Crippen molar-refractivity contribution in [2.24, 2.45) is 10.2 Å².